The summed E-state index contributed by atoms with van der Waals surface area (Å²) >= 11 is 12.2. The summed E-state index contributed by atoms with van der Waals surface area (Å²) in [7, 11) is -0.831. The Balaban J connectivity index is -0.00000107. The number of benzene rings is 6. The maximum atomic E-state index is 14.0. The summed E-state index contributed by atoms with van der Waals surface area (Å²) in [4.78, 5) is 84.5. The van der Waals surface area contributed by atoms with E-state index in [1.54, 1.807) is 31.7 Å². The van der Waals surface area contributed by atoms with Crippen LogP contribution in [0.2, 0.25) is 0 Å². The van der Waals surface area contributed by atoms with Gasteiger partial charge < -0.3 is 25.3 Å². The topological polar surface area (TPSA) is 365 Å². The molecular weight excluding hydrogens is 1630 g/mol. The molecule has 38 heteroatoms. The number of hydrogen-bond acceptors (Lipinski definition) is 19. The van der Waals surface area contributed by atoms with Crippen molar-refractivity contribution in [3.05, 3.63) is 234 Å². The number of aliphatic hydroxyl groups is 1. The fourth-order valence-electron chi connectivity index (χ4n) is 7.29. The number of carbonyl (C=O) groups excluding carboxylic acids is 2. The van der Waals surface area contributed by atoms with E-state index in [9.17, 15) is 86.7 Å². The van der Waals surface area contributed by atoms with Crippen molar-refractivity contribution in [1.82, 2.24) is 20.0 Å². The Labute approximate surface area is 608 Å². The molecule has 0 spiro atoms. The fourth-order valence-corrected chi connectivity index (χ4v) is 9.36. The van der Waals surface area contributed by atoms with E-state index in [0.717, 1.165) is 70.5 Å². The SMILES string of the molecule is CC(=O)N1CCN(Cc2cccc([N+](=O)[O-])c2F)CC1.CC(=O)N1CCNCC1.CC(=O)O.CCO[P+](=O)OCC.CO.Cc1cccc([N+](=O)[O-])c1F.Cc1ccccc1.Cl.O=[N+]([O-])c1cccc(C(Br)Br)c1F.O=[N+]([O-])c1cccc(CBr)c1F.O=[N+]([O-])c1cccc(CBr)c1F. The van der Waals surface area contributed by atoms with Gasteiger partial charge in [-0.3, -0.25) is 69.9 Å². The van der Waals surface area contributed by atoms with E-state index in [1.807, 2.05) is 28.0 Å². The lowest BCUT2D eigenvalue weighted by Gasteiger charge is -2.34. The Hall–Kier alpha value is -7.51. The molecule has 0 atom stereocenters. The van der Waals surface area contributed by atoms with E-state index in [2.05, 4.69) is 97.1 Å². The van der Waals surface area contributed by atoms with Crippen molar-refractivity contribution in [3.8, 4) is 0 Å². The van der Waals surface area contributed by atoms with Crippen LogP contribution in [0, 0.1) is 93.5 Å². The zero-order valence-electron chi connectivity index (χ0n) is 54.6. The number of amides is 2. The Morgan fingerprint density at radius 1 is 0.525 bits per heavy atom. The number of aliphatic hydroxyl groups excluding tert-OH is 1. The van der Waals surface area contributed by atoms with Gasteiger partial charge in [0.15, 0.2) is 0 Å². The molecule has 0 aliphatic carbocycles. The Kier molecular flexibility index (Phi) is 52.5. The molecule has 3 N–H and O–H groups in total. The zero-order chi connectivity index (χ0) is 75.2. The van der Waals surface area contributed by atoms with Gasteiger partial charge in [-0.05, 0) is 33.3 Å². The lowest BCUT2D eigenvalue weighted by atomic mass is 10.1. The van der Waals surface area contributed by atoms with Gasteiger partial charge in [-0.1, -0.05) is 160 Å². The molecule has 546 valence electrons. The molecule has 6 aromatic rings. The first-order valence-electron chi connectivity index (χ1n) is 28.5. The molecule has 8 rings (SSSR count). The van der Waals surface area contributed by atoms with Crippen LogP contribution in [0.3, 0.4) is 0 Å². The number of rotatable bonds is 14. The average Bonchev–Trinajstić information content (AvgIpc) is 0.869. The third-order valence-electron chi connectivity index (χ3n) is 12.0. The highest BCUT2D eigenvalue weighted by Gasteiger charge is 2.24. The van der Waals surface area contributed by atoms with E-state index in [0.29, 0.717) is 68.2 Å². The second-order valence-corrected chi connectivity index (χ2v) is 24.1. The van der Waals surface area contributed by atoms with Gasteiger partial charge in [0, 0.05) is 155 Å². The number of hydrogen-bond donors (Lipinski definition) is 3. The lowest BCUT2D eigenvalue weighted by Crippen LogP contribution is -2.47. The average molecular weight is 1700 g/mol. The van der Waals surface area contributed by atoms with E-state index in [4.69, 9.17) is 15.0 Å². The second kappa shape index (κ2) is 54.3. The minimum absolute atomic E-state index is 0. The first-order chi connectivity index (χ1) is 46.2. The number of carboxylic acid groups (broad SMARTS) is 1. The number of nitro groups is 5. The van der Waals surface area contributed by atoms with Crippen molar-refractivity contribution < 1.29 is 84.8 Å². The molecule has 2 saturated heterocycles. The lowest BCUT2D eigenvalue weighted by molar-refractivity contribution is -0.387. The summed E-state index contributed by atoms with van der Waals surface area (Å²) in [6.07, 6.45) is 0. The molecule has 2 fully saturated rings. The Bertz CT molecular complexity index is 3430. The van der Waals surface area contributed by atoms with Gasteiger partial charge in [-0.25, -0.2) is 0 Å². The maximum Gasteiger partial charge on any atom is 0.697 e. The van der Waals surface area contributed by atoms with Gasteiger partial charge >= 0.3 is 36.7 Å². The number of nitrogens with one attached hydrogen (secondary N) is 1. The van der Waals surface area contributed by atoms with Crippen LogP contribution in [0.15, 0.2) is 121 Å². The number of nitrogens with zero attached hydrogens (tertiary/aromatic N) is 8. The van der Waals surface area contributed by atoms with E-state index in [1.165, 1.54) is 74.0 Å². The summed E-state index contributed by atoms with van der Waals surface area (Å²) in [6.45, 7) is 18.6. The minimum atomic E-state index is -1.83. The molecule has 0 unspecified atom stereocenters. The molecule has 0 bridgehead atoms. The third kappa shape index (κ3) is 39.2. The van der Waals surface area contributed by atoms with Crippen molar-refractivity contribution in [2.45, 2.75) is 69.4 Å². The molecule has 99 heavy (non-hydrogen) atoms. The van der Waals surface area contributed by atoms with Crippen LogP contribution in [0.25, 0.3) is 0 Å². The van der Waals surface area contributed by atoms with Gasteiger partial charge in [0.1, 0.15) is 13.2 Å². The number of alkyl halides is 4. The second-order valence-electron chi connectivity index (χ2n) is 19.0. The van der Waals surface area contributed by atoms with Gasteiger partial charge in [0.2, 0.25) is 40.9 Å². The molecule has 6 aromatic carbocycles. The number of nitro benzene ring substituents is 5. The molecule has 27 nitrogen and oxygen atoms in total. The van der Waals surface area contributed by atoms with Gasteiger partial charge in [0.25, 0.3) is 5.97 Å². The molecule has 0 aromatic heterocycles. The number of aryl methyl sites for hydroxylation is 2. The molecule has 2 aliphatic heterocycles. The van der Waals surface area contributed by atoms with Crippen LogP contribution in [-0.4, -0.2) is 140 Å². The zero-order valence-corrected chi connectivity index (χ0v) is 62.6. The van der Waals surface area contributed by atoms with E-state index < -0.39 is 100 Å². The Morgan fingerprint density at radius 3 is 1.15 bits per heavy atom. The first-order valence-corrected chi connectivity index (χ1v) is 33.7. The number of halogens is 10. The van der Waals surface area contributed by atoms with Gasteiger partial charge in [0.05, 0.1) is 28.4 Å². The van der Waals surface area contributed by atoms with Crippen LogP contribution in [-0.2, 0) is 45.2 Å². The molecule has 2 heterocycles. The van der Waals surface area contributed by atoms with Crippen LogP contribution in [0.1, 0.15) is 71.7 Å². The summed E-state index contributed by atoms with van der Waals surface area (Å²) < 4.78 is 85.2. The predicted molar refractivity (Wildman–Crippen MR) is 379 cm³/mol. The highest BCUT2D eigenvalue weighted by molar-refractivity contribution is 9.24. The van der Waals surface area contributed by atoms with Crippen molar-refractivity contribution in [2.75, 3.05) is 72.7 Å². The highest BCUT2D eigenvalue weighted by Crippen LogP contribution is 2.34. The monoisotopic (exact) mass is 1700 g/mol. The summed E-state index contributed by atoms with van der Waals surface area (Å²) in [5, 5.41) is 69.8. The summed E-state index contributed by atoms with van der Waals surface area (Å²) in [5.74, 6) is -4.48. The Morgan fingerprint density at radius 2 is 0.848 bits per heavy atom. The van der Waals surface area contributed by atoms with Gasteiger partial charge in [-0.2, -0.15) is 22.0 Å². The number of carbonyl (C=O) groups is 3. The smallest absolute Gasteiger partial charge is 0.481 e. The molecular formula is C61H75Br4ClF5N9O18P+. The molecule has 2 amide bonds. The van der Waals surface area contributed by atoms with Crippen molar-refractivity contribution in [3.63, 3.8) is 0 Å². The van der Waals surface area contributed by atoms with E-state index >= 15 is 0 Å². The van der Waals surface area contributed by atoms with Crippen LogP contribution in [0.5, 0.6) is 0 Å². The fraction of sp³-hybridized carbons (Fsp3) is 0.361. The number of piperazine rings is 2. The largest absolute Gasteiger partial charge is 0.697 e. The highest BCUT2D eigenvalue weighted by atomic mass is 79.9. The third-order valence-corrected chi connectivity index (χ3v) is 15.2. The predicted octanol–water partition coefficient (Wildman–Crippen LogP) is 15.5. The number of carboxylic acids is 1. The minimum Gasteiger partial charge on any atom is -0.481 e. The van der Waals surface area contributed by atoms with Crippen molar-refractivity contribution in [2.24, 2.45) is 0 Å². The summed E-state index contributed by atoms with van der Waals surface area (Å²) in [5.41, 5.74) is 0.301. The maximum absolute atomic E-state index is 14.0. The number of aliphatic carboxylic acids is 1. The summed E-state index contributed by atoms with van der Waals surface area (Å²) in [6, 6.07) is 30.8. The molecule has 0 saturated carbocycles. The molecule has 2 aliphatic rings. The van der Waals surface area contributed by atoms with Crippen LogP contribution >= 0.6 is 84.4 Å². The van der Waals surface area contributed by atoms with Gasteiger partial charge in [-0.15, -0.1) is 21.5 Å². The normalized spacial score (nSPS) is 11.6. The standard InChI is InChI=1S/C13H16FN3O3.C7H4Br2FNO2.2C7H5BrFNO2.C7H6FNO2.C7H8.C6H12N2O.C4H10O3P.C2H4O2.CH4O.ClH/c1-10(18)16-7-5-15(6-8-16)9-11-3-2-4-12(13(11)14)17(19)20;8-7(9)4-2-1-3-5(6(4)10)11(12)13;2*8-4-5-2-1-3-6(7(5)9)10(11)12;1-5-3-2-4-6(7(5)8)9(10)11;1-7-5-3-2-4-6-7;1-6(9)8-4-2-7-3-5-8;1-3-6-8(5)7-4-2;1-2(3)4;1-2;/h2-4H,5-9H2,1H3;1-3,7H;2*1-3H,4H2;2-4H,1H3;2-6H,1H3;7H,2-5H2,1H3;3-4H2,1-2H3;1H3,(H,3,4);2H,1H3;1H/q;;;;;;;+1;;;. The first kappa shape index (κ1) is 95.7. The van der Waals surface area contributed by atoms with Crippen LogP contribution < -0.4 is 5.32 Å². The van der Waals surface area contributed by atoms with Crippen molar-refractivity contribution >= 4 is 131 Å². The van der Waals surface area contributed by atoms with E-state index in [-0.39, 0.29) is 40.4 Å². The van der Waals surface area contributed by atoms with Crippen molar-refractivity contribution in [1.29, 1.82) is 0 Å². The molecule has 0 radical (unpaired) electrons. The van der Waals surface area contributed by atoms with Crippen LogP contribution in [0.4, 0.5) is 50.4 Å². The quantitative estimate of drug-likeness (QED) is 0.0300.